The largest absolute Gasteiger partial charge is 0.367 e. The summed E-state index contributed by atoms with van der Waals surface area (Å²) in [6.07, 6.45) is 7.72. The molecule has 168 valence electrons. The lowest BCUT2D eigenvalue weighted by Gasteiger charge is -2.33. The lowest BCUT2D eigenvalue weighted by atomic mass is 10.0. The molecule has 1 fully saturated rings. The van der Waals surface area contributed by atoms with Gasteiger partial charge in [-0.15, -0.1) is 0 Å². The number of piperidine rings is 1. The molecule has 4 aromatic rings. The summed E-state index contributed by atoms with van der Waals surface area (Å²) in [5.74, 6) is 1.54. The summed E-state index contributed by atoms with van der Waals surface area (Å²) in [5, 5.41) is 11.3. The van der Waals surface area contributed by atoms with Crippen LogP contribution in [0.4, 0.5) is 11.8 Å². The Kier molecular flexibility index (Phi) is 6.89. The molecule has 0 spiro atoms. The van der Waals surface area contributed by atoms with Gasteiger partial charge in [0.1, 0.15) is 5.82 Å². The van der Waals surface area contributed by atoms with Gasteiger partial charge in [0.25, 0.3) is 0 Å². The second-order valence-electron chi connectivity index (χ2n) is 8.36. The zero-order chi connectivity index (χ0) is 22.3. The molecule has 7 heteroatoms. The van der Waals surface area contributed by atoms with E-state index in [-0.39, 0.29) is 0 Å². The molecule has 1 aromatic carbocycles. The molecule has 0 amide bonds. The minimum Gasteiger partial charge on any atom is -0.367 e. The van der Waals surface area contributed by atoms with Crippen LogP contribution in [0.5, 0.6) is 0 Å². The molecular weight excluding hydrogens is 428 g/mol. The van der Waals surface area contributed by atoms with Crippen LogP contribution < -0.4 is 10.6 Å². The van der Waals surface area contributed by atoms with Crippen molar-refractivity contribution in [1.82, 2.24) is 19.9 Å². The number of thiophene rings is 1. The topological polar surface area (TPSA) is 66.0 Å². The highest BCUT2D eigenvalue weighted by molar-refractivity contribution is 7.08. The molecule has 0 radical (unpaired) electrons. The molecule has 1 aliphatic rings. The van der Waals surface area contributed by atoms with E-state index in [9.17, 15) is 0 Å². The molecule has 5 rings (SSSR count). The predicted molar refractivity (Wildman–Crippen MR) is 135 cm³/mol. The molecule has 1 saturated heterocycles. The first-order valence-electron chi connectivity index (χ1n) is 11.4. The van der Waals surface area contributed by atoms with Gasteiger partial charge < -0.3 is 10.6 Å². The molecular formula is C26H28N6S. The van der Waals surface area contributed by atoms with E-state index < -0.39 is 0 Å². The minimum atomic E-state index is 0.400. The lowest BCUT2D eigenvalue weighted by Crippen LogP contribution is -2.38. The predicted octanol–water partition coefficient (Wildman–Crippen LogP) is 5.29. The summed E-state index contributed by atoms with van der Waals surface area (Å²) in [7, 11) is 0. The summed E-state index contributed by atoms with van der Waals surface area (Å²) in [4.78, 5) is 16.1. The maximum atomic E-state index is 4.87. The number of hydrogen-bond donors (Lipinski definition) is 2. The number of hydrogen-bond acceptors (Lipinski definition) is 7. The van der Waals surface area contributed by atoms with Crippen molar-refractivity contribution in [2.24, 2.45) is 0 Å². The Morgan fingerprint density at radius 2 is 1.79 bits per heavy atom. The quantitative estimate of drug-likeness (QED) is 0.376. The fourth-order valence-electron chi connectivity index (χ4n) is 4.16. The Hall–Kier alpha value is -3.29. The van der Waals surface area contributed by atoms with Gasteiger partial charge in [0.15, 0.2) is 0 Å². The normalized spacial score (nSPS) is 14.8. The van der Waals surface area contributed by atoms with Crippen LogP contribution in [0.3, 0.4) is 0 Å². The Labute approximate surface area is 198 Å². The molecule has 2 N–H and O–H groups in total. The molecule has 0 aliphatic carbocycles. The number of rotatable bonds is 8. The van der Waals surface area contributed by atoms with E-state index in [0.29, 0.717) is 18.5 Å². The standard InChI is InChI=1S/C26H28N6S/c1-2-4-21(5-3-1)18-32-13-8-23(9-14-32)30-25-24(22-10-15-33-19-22)17-29-26(31-25)28-16-20-6-11-27-12-7-20/h1-7,10-12,15,17,19,23H,8-9,13-14,16,18H2,(H2,28,29,30,31). The third-order valence-corrected chi connectivity index (χ3v) is 6.68. The van der Waals surface area contributed by atoms with E-state index in [1.165, 1.54) is 5.56 Å². The summed E-state index contributed by atoms with van der Waals surface area (Å²) in [6.45, 7) is 3.85. The van der Waals surface area contributed by atoms with Crippen LogP contribution in [0.25, 0.3) is 11.1 Å². The van der Waals surface area contributed by atoms with E-state index in [0.717, 1.165) is 55.0 Å². The third kappa shape index (κ3) is 5.74. The van der Waals surface area contributed by atoms with Gasteiger partial charge in [-0.3, -0.25) is 9.88 Å². The van der Waals surface area contributed by atoms with Crippen molar-refractivity contribution < 1.29 is 0 Å². The molecule has 33 heavy (non-hydrogen) atoms. The number of likely N-dealkylation sites (tertiary alicyclic amines) is 1. The molecule has 3 aromatic heterocycles. The first-order valence-corrected chi connectivity index (χ1v) is 12.3. The van der Waals surface area contributed by atoms with Crippen LogP contribution in [0.2, 0.25) is 0 Å². The second kappa shape index (κ2) is 10.6. The van der Waals surface area contributed by atoms with Crippen molar-refractivity contribution in [3.63, 3.8) is 0 Å². The zero-order valence-corrected chi connectivity index (χ0v) is 19.3. The van der Waals surface area contributed by atoms with E-state index in [1.807, 2.05) is 18.3 Å². The fourth-order valence-corrected chi connectivity index (χ4v) is 4.81. The Morgan fingerprint density at radius 1 is 0.970 bits per heavy atom. The molecule has 4 heterocycles. The molecule has 0 bridgehead atoms. The Balaban J connectivity index is 1.26. The molecule has 0 unspecified atom stereocenters. The summed E-state index contributed by atoms with van der Waals surface area (Å²) in [6, 6.07) is 17.2. The third-order valence-electron chi connectivity index (χ3n) is 6.00. The van der Waals surface area contributed by atoms with Gasteiger partial charge >= 0.3 is 0 Å². The van der Waals surface area contributed by atoms with Gasteiger partial charge in [-0.25, -0.2) is 4.98 Å². The van der Waals surface area contributed by atoms with Crippen molar-refractivity contribution in [1.29, 1.82) is 0 Å². The molecule has 6 nitrogen and oxygen atoms in total. The smallest absolute Gasteiger partial charge is 0.224 e. The lowest BCUT2D eigenvalue weighted by molar-refractivity contribution is 0.211. The summed E-state index contributed by atoms with van der Waals surface area (Å²) >= 11 is 1.69. The van der Waals surface area contributed by atoms with Crippen LogP contribution in [0.1, 0.15) is 24.0 Å². The maximum absolute atomic E-state index is 4.87. The first-order chi connectivity index (χ1) is 16.3. The van der Waals surface area contributed by atoms with Gasteiger partial charge in [-0.05, 0) is 58.5 Å². The molecule has 0 atom stereocenters. The number of nitrogens with one attached hydrogen (secondary N) is 2. The highest BCUT2D eigenvalue weighted by Crippen LogP contribution is 2.30. The number of aromatic nitrogens is 3. The number of anilines is 2. The zero-order valence-electron chi connectivity index (χ0n) is 18.5. The van der Waals surface area contributed by atoms with E-state index >= 15 is 0 Å². The van der Waals surface area contributed by atoms with Gasteiger partial charge in [0.2, 0.25) is 5.95 Å². The van der Waals surface area contributed by atoms with E-state index in [1.54, 1.807) is 23.7 Å². The van der Waals surface area contributed by atoms with Crippen molar-refractivity contribution in [2.75, 3.05) is 23.7 Å². The molecule has 0 saturated carbocycles. The van der Waals surface area contributed by atoms with E-state index in [2.05, 4.69) is 72.7 Å². The van der Waals surface area contributed by atoms with Crippen molar-refractivity contribution in [3.05, 3.63) is 89.0 Å². The summed E-state index contributed by atoms with van der Waals surface area (Å²) in [5.41, 5.74) is 4.74. The van der Waals surface area contributed by atoms with Gasteiger partial charge in [0.05, 0.1) is 0 Å². The van der Waals surface area contributed by atoms with Gasteiger partial charge in [-0.2, -0.15) is 16.3 Å². The van der Waals surface area contributed by atoms with Crippen molar-refractivity contribution in [3.8, 4) is 11.1 Å². The molecule has 1 aliphatic heterocycles. The highest BCUT2D eigenvalue weighted by atomic mass is 32.1. The van der Waals surface area contributed by atoms with Crippen LogP contribution in [0, 0.1) is 0 Å². The van der Waals surface area contributed by atoms with Crippen LogP contribution in [-0.2, 0) is 13.1 Å². The summed E-state index contributed by atoms with van der Waals surface area (Å²) < 4.78 is 0. The monoisotopic (exact) mass is 456 g/mol. The highest BCUT2D eigenvalue weighted by Gasteiger charge is 2.21. The fraction of sp³-hybridized carbons (Fsp3) is 0.269. The van der Waals surface area contributed by atoms with Crippen molar-refractivity contribution >= 4 is 23.1 Å². The van der Waals surface area contributed by atoms with E-state index in [4.69, 9.17) is 4.98 Å². The van der Waals surface area contributed by atoms with Crippen molar-refractivity contribution in [2.45, 2.75) is 32.0 Å². The van der Waals surface area contributed by atoms with Crippen LogP contribution >= 0.6 is 11.3 Å². The maximum Gasteiger partial charge on any atom is 0.224 e. The SMILES string of the molecule is c1ccc(CN2CCC(Nc3nc(NCc4ccncc4)ncc3-c3ccsc3)CC2)cc1. The second-order valence-corrected chi connectivity index (χ2v) is 9.14. The Bertz CT molecular complexity index is 1130. The van der Waals surface area contributed by atoms with Gasteiger partial charge in [0, 0.05) is 56.4 Å². The van der Waals surface area contributed by atoms with Crippen LogP contribution in [0.15, 0.2) is 77.9 Å². The first kappa shape index (κ1) is 21.6. The number of benzene rings is 1. The average Bonchev–Trinajstić information content (AvgIpc) is 3.40. The minimum absolute atomic E-state index is 0.400. The Morgan fingerprint density at radius 3 is 2.55 bits per heavy atom. The average molecular weight is 457 g/mol. The number of nitrogens with zero attached hydrogens (tertiary/aromatic N) is 4. The number of pyridine rings is 1. The van der Waals surface area contributed by atoms with Crippen LogP contribution in [-0.4, -0.2) is 39.0 Å². The van der Waals surface area contributed by atoms with Gasteiger partial charge in [-0.1, -0.05) is 30.3 Å².